The molecule has 22 heavy (non-hydrogen) atoms. The van der Waals surface area contributed by atoms with Crippen molar-refractivity contribution in [2.24, 2.45) is 7.05 Å². The molecule has 0 unspecified atom stereocenters. The number of aryl methyl sites for hydroxylation is 1. The molecule has 1 aliphatic heterocycles. The standard InChI is InChI=1S/C15H18FN5O/c1-20-9-12(8-18-20)19-15(22)14-10-21(7-6-17-14)13-4-2-11(16)3-5-13/h2-5,8-9,14,17H,6-7,10H2,1H3,(H,19,22)/t14-/m0/s1. The predicted molar refractivity (Wildman–Crippen MR) is 82.2 cm³/mol. The van der Waals surface area contributed by atoms with Gasteiger partial charge in [-0.3, -0.25) is 9.48 Å². The summed E-state index contributed by atoms with van der Waals surface area (Å²) in [6, 6.07) is 6.01. The van der Waals surface area contributed by atoms with E-state index < -0.39 is 0 Å². The number of amides is 1. The molecule has 0 saturated carbocycles. The van der Waals surface area contributed by atoms with Gasteiger partial charge in [-0.25, -0.2) is 4.39 Å². The molecule has 1 aliphatic rings. The number of nitrogens with one attached hydrogen (secondary N) is 2. The van der Waals surface area contributed by atoms with Crippen molar-refractivity contribution in [3.63, 3.8) is 0 Å². The lowest BCUT2D eigenvalue weighted by Gasteiger charge is -2.34. The van der Waals surface area contributed by atoms with Crippen LogP contribution >= 0.6 is 0 Å². The van der Waals surface area contributed by atoms with Gasteiger partial charge in [0.05, 0.1) is 11.9 Å². The molecule has 1 atom stereocenters. The lowest BCUT2D eigenvalue weighted by atomic mass is 10.1. The van der Waals surface area contributed by atoms with Gasteiger partial charge < -0.3 is 15.5 Å². The fourth-order valence-corrected chi connectivity index (χ4v) is 2.53. The van der Waals surface area contributed by atoms with E-state index in [0.717, 1.165) is 12.2 Å². The second kappa shape index (κ2) is 6.15. The summed E-state index contributed by atoms with van der Waals surface area (Å²) in [4.78, 5) is 14.4. The maximum absolute atomic E-state index is 13.0. The van der Waals surface area contributed by atoms with E-state index in [1.54, 1.807) is 36.3 Å². The van der Waals surface area contributed by atoms with Crippen molar-refractivity contribution in [1.82, 2.24) is 15.1 Å². The van der Waals surface area contributed by atoms with E-state index in [1.165, 1.54) is 12.1 Å². The summed E-state index contributed by atoms with van der Waals surface area (Å²) in [6.45, 7) is 2.02. The van der Waals surface area contributed by atoms with Crippen molar-refractivity contribution >= 4 is 17.3 Å². The van der Waals surface area contributed by atoms with Crippen LogP contribution in [0.4, 0.5) is 15.8 Å². The van der Waals surface area contributed by atoms with E-state index in [1.807, 2.05) is 0 Å². The molecular weight excluding hydrogens is 285 g/mol. The fraction of sp³-hybridized carbons (Fsp3) is 0.333. The van der Waals surface area contributed by atoms with E-state index in [9.17, 15) is 9.18 Å². The number of carbonyl (C=O) groups is 1. The summed E-state index contributed by atoms with van der Waals surface area (Å²) < 4.78 is 14.6. The van der Waals surface area contributed by atoms with Crippen molar-refractivity contribution in [2.45, 2.75) is 6.04 Å². The number of anilines is 2. The largest absolute Gasteiger partial charge is 0.368 e. The van der Waals surface area contributed by atoms with Crippen molar-refractivity contribution in [3.05, 3.63) is 42.5 Å². The molecule has 0 aliphatic carbocycles. The molecule has 1 amide bonds. The summed E-state index contributed by atoms with van der Waals surface area (Å²) in [7, 11) is 1.80. The molecule has 0 bridgehead atoms. The monoisotopic (exact) mass is 303 g/mol. The Morgan fingerprint density at radius 3 is 2.86 bits per heavy atom. The fourth-order valence-electron chi connectivity index (χ4n) is 2.53. The van der Waals surface area contributed by atoms with Crippen LogP contribution in [0, 0.1) is 5.82 Å². The molecular formula is C15H18FN5O. The Hall–Kier alpha value is -2.41. The van der Waals surface area contributed by atoms with Crippen molar-refractivity contribution in [3.8, 4) is 0 Å². The van der Waals surface area contributed by atoms with Crippen molar-refractivity contribution < 1.29 is 9.18 Å². The SMILES string of the molecule is Cn1cc(NC(=O)[C@@H]2CN(c3ccc(F)cc3)CCN2)cn1. The first kappa shape index (κ1) is 14.5. The summed E-state index contributed by atoms with van der Waals surface area (Å²) in [5.41, 5.74) is 1.59. The van der Waals surface area contributed by atoms with Gasteiger partial charge in [-0.05, 0) is 24.3 Å². The second-order valence-corrected chi connectivity index (χ2v) is 5.32. The normalized spacial score (nSPS) is 18.3. The molecule has 7 heteroatoms. The maximum atomic E-state index is 13.0. The summed E-state index contributed by atoms with van der Waals surface area (Å²) >= 11 is 0. The topological polar surface area (TPSA) is 62.2 Å². The predicted octanol–water partition coefficient (Wildman–Crippen LogP) is 0.976. The summed E-state index contributed by atoms with van der Waals surface area (Å²) in [5.74, 6) is -0.357. The van der Waals surface area contributed by atoms with Gasteiger partial charge in [0.15, 0.2) is 0 Å². The third kappa shape index (κ3) is 3.25. The molecule has 1 fully saturated rings. The minimum atomic E-state index is -0.320. The highest BCUT2D eigenvalue weighted by molar-refractivity contribution is 5.95. The Bertz CT molecular complexity index is 654. The van der Waals surface area contributed by atoms with Crippen LogP contribution in [-0.2, 0) is 11.8 Å². The van der Waals surface area contributed by atoms with Gasteiger partial charge in [-0.1, -0.05) is 0 Å². The number of halogens is 1. The molecule has 2 aromatic rings. The maximum Gasteiger partial charge on any atom is 0.243 e. The van der Waals surface area contributed by atoms with Crippen LogP contribution in [-0.4, -0.2) is 41.4 Å². The van der Waals surface area contributed by atoms with Gasteiger partial charge in [0.25, 0.3) is 0 Å². The van der Waals surface area contributed by atoms with Gasteiger partial charge >= 0.3 is 0 Å². The number of hydrogen-bond acceptors (Lipinski definition) is 4. The molecule has 0 radical (unpaired) electrons. The van der Waals surface area contributed by atoms with Gasteiger partial charge in [0, 0.05) is 38.6 Å². The van der Waals surface area contributed by atoms with E-state index in [-0.39, 0.29) is 17.8 Å². The Labute approximate surface area is 127 Å². The highest BCUT2D eigenvalue weighted by atomic mass is 19.1. The van der Waals surface area contributed by atoms with E-state index >= 15 is 0 Å². The number of nitrogens with zero attached hydrogens (tertiary/aromatic N) is 3. The Morgan fingerprint density at radius 1 is 1.41 bits per heavy atom. The minimum absolute atomic E-state index is 0.0974. The number of piperazine rings is 1. The summed E-state index contributed by atoms with van der Waals surface area (Å²) in [6.07, 6.45) is 3.36. The average molecular weight is 303 g/mol. The molecule has 1 saturated heterocycles. The van der Waals surface area contributed by atoms with Crippen LogP contribution in [0.2, 0.25) is 0 Å². The first-order chi connectivity index (χ1) is 10.6. The Balaban J connectivity index is 1.64. The first-order valence-corrected chi connectivity index (χ1v) is 7.15. The number of benzene rings is 1. The quantitative estimate of drug-likeness (QED) is 0.887. The van der Waals surface area contributed by atoms with Crippen LogP contribution in [0.3, 0.4) is 0 Å². The Kier molecular flexibility index (Phi) is 4.06. The lowest BCUT2D eigenvalue weighted by Crippen LogP contribution is -2.55. The van der Waals surface area contributed by atoms with Gasteiger partial charge in [-0.2, -0.15) is 5.10 Å². The molecule has 116 valence electrons. The lowest BCUT2D eigenvalue weighted by molar-refractivity contribution is -0.118. The van der Waals surface area contributed by atoms with E-state index in [4.69, 9.17) is 0 Å². The number of carbonyl (C=O) groups excluding carboxylic acids is 1. The Morgan fingerprint density at radius 2 is 2.18 bits per heavy atom. The van der Waals surface area contributed by atoms with Crippen LogP contribution < -0.4 is 15.5 Å². The van der Waals surface area contributed by atoms with Crippen molar-refractivity contribution in [2.75, 3.05) is 29.9 Å². The second-order valence-electron chi connectivity index (χ2n) is 5.32. The van der Waals surface area contributed by atoms with Crippen LogP contribution in [0.5, 0.6) is 0 Å². The number of aromatic nitrogens is 2. The highest BCUT2D eigenvalue weighted by Gasteiger charge is 2.25. The van der Waals surface area contributed by atoms with E-state index in [0.29, 0.717) is 18.8 Å². The molecule has 2 heterocycles. The molecule has 1 aromatic heterocycles. The minimum Gasteiger partial charge on any atom is -0.368 e. The number of rotatable bonds is 3. The van der Waals surface area contributed by atoms with Gasteiger partial charge in [0.1, 0.15) is 11.9 Å². The molecule has 2 N–H and O–H groups in total. The van der Waals surface area contributed by atoms with Gasteiger partial charge in [0.2, 0.25) is 5.91 Å². The smallest absolute Gasteiger partial charge is 0.243 e. The first-order valence-electron chi connectivity index (χ1n) is 7.15. The highest BCUT2D eigenvalue weighted by Crippen LogP contribution is 2.17. The van der Waals surface area contributed by atoms with Crippen LogP contribution in [0.15, 0.2) is 36.7 Å². The molecule has 6 nitrogen and oxygen atoms in total. The van der Waals surface area contributed by atoms with Crippen molar-refractivity contribution in [1.29, 1.82) is 0 Å². The summed E-state index contributed by atoms with van der Waals surface area (Å²) in [5, 5.41) is 10.1. The zero-order chi connectivity index (χ0) is 15.5. The van der Waals surface area contributed by atoms with Gasteiger partial charge in [-0.15, -0.1) is 0 Å². The number of hydrogen-bond donors (Lipinski definition) is 2. The van der Waals surface area contributed by atoms with Crippen LogP contribution in [0.25, 0.3) is 0 Å². The third-order valence-electron chi connectivity index (χ3n) is 3.66. The zero-order valence-corrected chi connectivity index (χ0v) is 12.3. The zero-order valence-electron chi connectivity index (χ0n) is 12.3. The molecule has 3 rings (SSSR count). The van der Waals surface area contributed by atoms with E-state index in [2.05, 4.69) is 20.6 Å². The molecule has 0 spiro atoms. The van der Waals surface area contributed by atoms with Crippen LogP contribution in [0.1, 0.15) is 0 Å². The third-order valence-corrected chi connectivity index (χ3v) is 3.66. The molecule has 1 aromatic carbocycles. The average Bonchev–Trinajstić information content (AvgIpc) is 2.93.